The monoisotopic (exact) mass is 248 g/mol. The number of para-hydroxylation sites is 1. The molecule has 0 aliphatic heterocycles. The van der Waals surface area contributed by atoms with Crippen LogP contribution in [0.3, 0.4) is 0 Å². The van der Waals surface area contributed by atoms with Crippen molar-refractivity contribution in [1.29, 1.82) is 0 Å². The predicted molar refractivity (Wildman–Crippen MR) is 52.5 cm³/mol. The summed E-state index contributed by atoms with van der Waals surface area (Å²) < 4.78 is 41.9. The molecule has 0 atom stereocenters. The van der Waals surface area contributed by atoms with Crippen LogP contribution in [0, 0.1) is 0 Å². The second-order valence-electron chi connectivity index (χ2n) is 3.07. The van der Waals surface area contributed by atoms with Crippen LogP contribution in [0.5, 0.6) is 0 Å². The molecule has 0 aliphatic carbocycles. The number of hydrogen-bond acceptors (Lipinski definition) is 2. The van der Waals surface area contributed by atoms with Gasteiger partial charge in [-0.05, 0) is 12.1 Å². The molecule has 0 amide bonds. The molecule has 16 heavy (non-hydrogen) atoms. The van der Waals surface area contributed by atoms with Gasteiger partial charge >= 0.3 is 6.18 Å². The van der Waals surface area contributed by atoms with Gasteiger partial charge in [0.2, 0.25) is 11.2 Å². The lowest BCUT2D eigenvalue weighted by atomic mass is 10.2. The van der Waals surface area contributed by atoms with Crippen molar-refractivity contribution in [3.05, 3.63) is 45.3 Å². The molecule has 0 bridgehead atoms. The highest BCUT2D eigenvalue weighted by molar-refractivity contribution is 6.31. The van der Waals surface area contributed by atoms with Crippen molar-refractivity contribution < 1.29 is 17.6 Å². The van der Waals surface area contributed by atoms with Crippen molar-refractivity contribution >= 4 is 22.6 Å². The van der Waals surface area contributed by atoms with Crippen LogP contribution in [0.25, 0.3) is 11.0 Å². The SMILES string of the molecule is O=c1c(Cl)c(C(F)(F)F)oc2ccccc12. The third-order valence-electron chi connectivity index (χ3n) is 2.00. The molecule has 0 radical (unpaired) electrons. The Morgan fingerprint density at radius 3 is 2.44 bits per heavy atom. The summed E-state index contributed by atoms with van der Waals surface area (Å²) in [7, 11) is 0. The largest absolute Gasteiger partial charge is 0.451 e. The van der Waals surface area contributed by atoms with Crippen LogP contribution < -0.4 is 5.43 Å². The van der Waals surface area contributed by atoms with E-state index >= 15 is 0 Å². The quantitative estimate of drug-likeness (QED) is 0.715. The Morgan fingerprint density at radius 2 is 1.81 bits per heavy atom. The van der Waals surface area contributed by atoms with E-state index in [1.54, 1.807) is 0 Å². The van der Waals surface area contributed by atoms with E-state index in [0.717, 1.165) is 0 Å². The van der Waals surface area contributed by atoms with E-state index < -0.39 is 22.4 Å². The van der Waals surface area contributed by atoms with Crippen molar-refractivity contribution in [2.24, 2.45) is 0 Å². The molecule has 0 aliphatic rings. The van der Waals surface area contributed by atoms with Crippen LogP contribution in [0.2, 0.25) is 5.02 Å². The van der Waals surface area contributed by atoms with Gasteiger partial charge in [0.05, 0.1) is 5.39 Å². The number of hydrogen-bond donors (Lipinski definition) is 0. The van der Waals surface area contributed by atoms with Crippen molar-refractivity contribution in [3.8, 4) is 0 Å². The lowest BCUT2D eigenvalue weighted by Crippen LogP contribution is -2.13. The first-order chi connectivity index (χ1) is 7.41. The molecule has 0 spiro atoms. The zero-order valence-electron chi connectivity index (χ0n) is 7.64. The fraction of sp³-hybridized carbons (Fsp3) is 0.100. The van der Waals surface area contributed by atoms with Crippen LogP contribution in [0.4, 0.5) is 13.2 Å². The van der Waals surface area contributed by atoms with Gasteiger partial charge in [-0.3, -0.25) is 4.79 Å². The number of alkyl halides is 3. The molecule has 2 rings (SSSR count). The molecule has 1 aromatic heterocycles. The van der Waals surface area contributed by atoms with Crippen LogP contribution in [-0.4, -0.2) is 0 Å². The minimum Gasteiger partial charge on any atom is -0.450 e. The van der Waals surface area contributed by atoms with Gasteiger partial charge in [-0.2, -0.15) is 13.2 Å². The Balaban J connectivity index is 2.90. The van der Waals surface area contributed by atoms with E-state index in [1.165, 1.54) is 24.3 Å². The Hall–Kier alpha value is -1.49. The smallest absolute Gasteiger partial charge is 0.450 e. The maximum absolute atomic E-state index is 12.4. The molecular formula is C10H4ClF3O2. The molecule has 84 valence electrons. The fourth-order valence-electron chi connectivity index (χ4n) is 1.30. The number of rotatable bonds is 0. The fourth-order valence-corrected chi connectivity index (χ4v) is 1.55. The minimum absolute atomic E-state index is 0.0282. The maximum Gasteiger partial charge on any atom is 0.451 e. The van der Waals surface area contributed by atoms with Gasteiger partial charge in [-0.15, -0.1) is 0 Å². The van der Waals surface area contributed by atoms with Gasteiger partial charge in [0.15, 0.2) is 0 Å². The van der Waals surface area contributed by atoms with E-state index in [-0.39, 0.29) is 11.0 Å². The third kappa shape index (κ3) is 1.67. The molecule has 0 saturated heterocycles. The summed E-state index contributed by atoms with van der Waals surface area (Å²) in [5.41, 5.74) is -1.01. The molecule has 0 saturated carbocycles. The van der Waals surface area contributed by atoms with Crippen LogP contribution >= 0.6 is 11.6 Å². The molecule has 2 aromatic rings. The Labute approximate surface area is 92.2 Å². The Bertz CT molecular complexity index is 601. The highest BCUT2D eigenvalue weighted by Crippen LogP contribution is 2.34. The van der Waals surface area contributed by atoms with E-state index in [1.807, 2.05) is 0 Å². The van der Waals surface area contributed by atoms with Crippen molar-refractivity contribution in [1.82, 2.24) is 0 Å². The number of fused-ring (bicyclic) bond motifs is 1. The van der Waals surface area contributed by atoms with Crippen molar-refractivity contribution in [3.63, 3.8) is 0 Å². The van der Waals surface area contributed by atoms with Crippen molar-refractivity contribution in [2.75, 3.05) is 0 Å². The summed E-state index contributed by atoms with van der Waals surface area (Å²) in [4.78, 5) is 11.5. The number of halogens is 4. The van der Waals surface area contributed by atoms with Gasteiger partial charge in [0, 0.05) is 0 Å². The summed E-state index contributed by atoms with van der Waals surface area (Å²) in [6.45, 7) is 0. The summed E-state index contributed by atoms with van der Waals surface area (Å²) in [5.74, 6) is -1.46. The molecule has 6 heteroatoms. The summed E-state index contributed by atoms with van der Waals surface area (Å²) >= 11 is 5.33. The second-order valence-corrected chi connectivity index (χ2v) is 3.45. The van der Waals surface area contributed by atoms with Gasteiger partial charge in [-0.25, -0.2) is 0 Å². The lowest BCUT2D eigenvalue weighted by molar-refractivity contribution is -0.152. The summed E-state index contributed by atoms with van der Waals surface area (Å²) in [6.07, 6.45) is -4.78. The maximum atomic E-state index is 12.4. The molecule has 1 heterocycles. The van der Waals surface area contributed by atoms with E-state index in [9.17, 15) is 18.0 Å². The predicted octanol–water partition coefficient (Wildman–Crippen LogP) is 3.47. The van der Waals surface area contributed by atoms with E-state index in [0.29, 0.717) is 0 Å². The van der Waals surface area contributed by atoms with Gasteiger partial charge in [-0.1, -0.05) is 23.7 Å². The average molecular weight is 249 g/mol. The molecule has 0 N–H and O–H groups in total. The number of benzene rings is 1. The van der Waals surface area contributed by atoms with Crippen LogP contribution in [-0.2, 0) is 6.18 Å². The topological polar surface area (TPSA) is 30.2 Å². The molecule has 0 unspecified atom stereocenters. The van der Waals surface area contributed by atoms with Crippen LogP contribution in [0.15, 0.2) is 33.5 Å². The second kappa shape index (κ2) is 3.52. The highest BCUT2D eigenvalue weighted by atomic mass is 35.5. The Morgan fingerprint density at radius 1 is 1.19 bits per heavy atom. The van der Waals surface area contributed by atoms with Gasteiger partial charge in [0.1, 0.15) is 10.6 Å². The zero-order chi connectivity index (χ0) is 11.9. The first-order valence-corrected chi connectivity index (χ1v) is 4.57. The lowest BCUT2D eigenvalue weighted by Gasteiger charge is -2.07. The molecule has 0 fully saturated rings. The molecule has 2 nitrogen and oxygen atoms in total. The van der Waals surface area contributed by atoms with Gasteiger partial charge < -0.3 is 4.42 Å². The zero-order valence-corrected chi connectivity index (χ0v) is 8.39. The minimum atomic E-state index is -4.78. The third-order valence-corrected chi connectivity index (χ3v) is 2.34. The van der Waals surface area contributed by atoms with E-state index in [2.05, 4.69) is 4.42 Å². The first kappa shape index (κ1) is 11.0. The highest BCUT2D eigenvalue weighted by Gasteiger charge is 2.38. The first-order valence-electron chi connectivity index (χ1n) is 4.20. The summed E-state index contributed by atoms with van der Waals surface area (Å²) in [6, 6.07) is 5.62. The van der Waals surface area contributed by atoms with Crippen molar-refractivity contribution in [2.45, 2.75) is 6.18 Å². The standard InChI is InChI=1S/C10H4ClF3O2/c11-7-8(15)5-3-1-2-4-6(5)16-9(7)10(12,13)14/h1-4H. The Kier molecular flexibility index (Phi) is 2.42. The molecule has 1 aromatic carbocycles. The van der Waals surface area contributed by atoms with E-state index in [4.69, 9.17) is 11.6 Å². The van der Waals surface area contributed by atoms with Crippen LogP contribution in [0.1, 0.15) is 5.76 Å². The molecular weight excluding hydrogens is 245 g/mol. The normalized spacial score (nSPS) is 12.0. The average Bonchev–Trinajstić information content (AvgIpc) is 2.22. The van der Waals surface area contributed by atoms with Gasteiger partial charge in [0.25, 0.3) is 0 Å². The summed E-state index contributed by atoms with van der Waals surface area (Å²) in [5, 5.41) is -0.910.